The number of ether oxygens (including phenoxy) is 2. The van der Waals surface area contributed by atoms with Gasteiger partial charge in [0.15, 0.2) is 11.5 Å². The minimum atomic E-state index is -0.998. The Bertz CT molecular complexity index is 1660. The Labute approximate surface area is 276 Å². The largest absolute Gasteiger partial charge is 0.493 e. The van der Waals surface area contributed by atoms with E-state index >= 15 is 0 Å². The fourth-order valence-electron chi connectivity index (χ4n) is 5.48. The van der Waals surface area contributed by atoms with Crippen LogP contribution in [0, 0.1) is 0 Å². The van der Waals surface area contributed by atoms with Crippen molar-refractivity contribution in [1.29, 1.82) is 0 Å². The zero-order valence-electron chi connectivity index (χ0n) is 27.5. The number of amides is 2. The smallest absolute Gasteiger partial charge is 0.305 e. The third-order valence-corrected chi connectivity index (χ3v) is 7.94. The summed E-state index contributed by atoms with van der Waals surface area (Å²) < 4.78 is 11.0. The highest BCUT2D eigenvalue weighted by Crippen LogP contribution is 2.32. The van der Waals surface area contributed by atoms with Gasteiger partial charge in [-0.15, -0.1) is 0 Å². The number of carboxylic acid groups (broad SMARTS) is 1. The molecule has 9 nitrogen and oxygen atoms in total. The molecule has 0 aliphatic carbocycles. The number of benzene rings is 4. The van der Waals surface area contributed by atoms with Crippen LogP contribution in [0.15, 0.2) is 97.1 Å². The summed E-state index contributed by atoms with van der Waals surface area (Å²) in [5.41, 5.74) is 3.97. The van der Waals surface area contributed by atoms with Crippen molar-refractivity contribution in [3.8, 4) is 22.6 Å². The van der Waals surface area contributed by atoms with Crippen LogP contribution >= 0.6 is 0 Å². The number of carbonyl (C=O) groups excluding carboxylic acids is 2. The maximum atomic E-state index is 14.3. The number of carboxylic acids is 1. The number of para-hydroxylation sites is 1. The number of carbonyl (C=O) groups is 3. The Morgan fingerprint density at radius 2 is 1.23 bits per heavy atom. The fraction of sp³-hybridized carbons (Fsp3) is 0.289. The number of methoxy groups -OCH3 is 2. The molecule has 4 aromatic rings. The van der Waals surface area contributed by atoms with E-state index in [1.54, 1.807) is 43.4 Å². The monoisotopic (exact) mass is 637 g/mol. The minimum Gasteiger partial charge on any atom is -0.493 e. The van der Waals surface area contributed by atoms with Crippen molar-refractivity contribution in [2.24, 2.45) is 0 Å². The first-order valence-electron chi connectivity index (χ1n) is 15.6. The van der Waals surface area contributed by atoms with E-state index in [1.807, 2.05) is 96.7 Å². The van der Waals surface area contributed by atoms with E-state index in [0.29, 0.717) is 59.8 Å². The molecular weight excluding hydrogens is 594 g/mol. The standard InChI is InChI=1S/C38H43N3O6/c1-39(2)25-26-41(27-28-13-6-5-7-14-28)38(45)33-19-11-9-17-31(33)30-16-8-10-18-32(30)37(44)40(24-22-35(42)43)23-21-29-15-12-20-34(46-3)36(29)47-4/h5-20H,21-27H2,1-4H3,(H,42,43). The lowest BCUT2D eigenvalue weighted by Gasteiger charge is -2.27. The lowest BCUT2D eigenvalue weighted by molar-refractivity contribution is -0.137. The molecule has 4 rings (SSSR count). The summed E-state index contributed by atoms with van der Waals surface area (Å²) >= 11 is 0. The molecular formula is C38H43N3O6. The first kappa shape index (κ1) is 34.7. The van der Waals surface area contributed by atoms with Gasteiger partial charge in [0.25, 0.3) is 11.8 Å². The Balaban J connectivity index is 1.69. The zero-order chi connectivity index (χ0) is 33.8. The third kappa shape index (κ3) is 9.20. The van der Waals surface area contributed by atoms with Crippen LogP contribution in [0.4, 0.5) is 0 Å². The summed E-state index contributed by atoms with van der Waals surface area (Å²) in [5, 5.41) is 9.50. The summed E-state index contributed by atoms with van der Waals surface area (Å²) in [6, 6.07) is 29.9. The molecule has 0 atom stereocenters. The van der Waals surface area contributed by atoms with Crippen LogP contribution in [-0.4, -0.2) is 92.1 Å². The average Bonchev–Trinajstić information content (AvgIpc) is 3.09. The van der Waals surface area contributed by atoms with Crippen LogP contribution in [0.2, 0.25) is 0 Å². The van der Waals surface area contributed by atoms with Crippen LogP contribution in [0.1, 0.15) is 38.3 Å². The molecule has 2 amide bonds. The van der Waals surface area contributed by atoms with Crippen LogP contribution in [0.25, 0.3) is 11.1 Å². The van der Waals surface area contributed by atoms with Gasteiger partial charge in [0, 0.05) is 43.9 Å². The van der Waals surface area contributed by atoms with Gasteiger partial charge in [-0.3, -0.25) is 14.4 Å². The molecule has 0 saturated heterocycles. The maximum Gasteiger partial charge on any atom is 0.305 e. The van der Waals surface area contributed by atoms with E-state index in [1.165, 1.54) is 0 Å². The molecule has 0 bridgehead atoms. The highest BCUT2D eigenvalue weighted by molar-refractivity contribution is 6.06. The predicted molar refractivity (Wildman–Crippen MR) is 183 cm³/mol. The second-order valence-electron chi connectivity index (χ2n) is 11.4. The third-order valence-electron chi connectivity index (χ3n) is 7.94. The molecule has 9 heteroatoms. The van der Waals surface area contributed by atoms with Crippen molar-refractivity contribution >= 4 is 17.8 Å². The van der Waals surface area contributed by atoms with Crippen molar-refractivity contribution in [1.82, 2.24) is 14.7 Å². The highest BCUT2D eigenvalue weighted by atomic mass is 16.5. The molecule has 246 valence electrons. The van der Waals surface area contributed by atoms with E-state index in [-0.39, 0.29) is 31.3 Å². The first-order valence-corrected chi connectivity index (χ1v) is 15.6. The van der Waals surface area contributed by atoms with Gasteiger partial charge in [-0.25, -0.2) is 0 Å². The summed E-state index contributed by atoms with van der Waals surface area (Å²) in [5.74, 6) is -0.307. The summed E-state index contributed by atoms with van der Waals surface area (Å²) in [6.45, 7) is 1.92. The summed E-state index contributed by atoms with van der Waals surface area (Å²) in [6.07, 6.45) is 0.210. The average molecular weight is 638 g/mol. The Kier molecular flexibility index (Phi) is 12.5. The number of rotatable bonds is 16. The first-order chi connectivity index (χ1) is 22.7. The van der Waals surface area contributed by atoms with Crippen molar-refractivity contribution in [2.45, 2.75) is 19.4 Å². The van der Waals surface area contributed by atoms with Gasteiger partial charge >= 0.3 is 5.97 Å². The molecule has 0 fully saturated rings. The zero-order valence-corrected chi connectivity index (χ0v) is 27.5. The quantitative estimate of drug-likeness (QED) is 0.167. The van der Waals surface area contributed by atoms with Gasteiger partial charge in [0.1, 0.15) is 0 Å². The van der Waals surface area contributed by atoms with Gasteiger partial charge in [0.05, 0.1) is 20.6 Å². The van der Waals surface area contributed by atoms with Crippen LogP contribution < -0.4 is 9.47 Å². The Hall–Kier alpha value is -5.15. The lowest BCUT2D eigenvalue weighted by Crippen LogP contribution is -2.36. The van der Waals surface area contributed by atoms with E-state index in [2.05, 4.69) is 0 Å². The molecule has 0 radical (unpaired) electrons. The second kappa shape index (κ2) is 17.0. The lowest BCUT2D eigenvalue weighted by atomic mass is 9.93. The van der Waals surface area contributed by atoms with Crippen molar-refractivity contribution in [3.05, 3.63) is 119 Å². The molecule has 47 heavy (non-hydrogen) atoms. The number of hydrogen-bond donors (Lipinski definition) is 1. The number of likely N-dealkylation sites (N-methyl/N-ethyl adjacent to an activating group) is 1. The van der Waals surface area contributed by atoms with Gasteiger partial charge in [-0.2, -0.15) is 0 Å². The maximum absolute atomic E-state index is 14.3. The summed E-state index contributed by atoms with van der Waals surface area (Å²) in [4.78, 5) is 45.5. The molecule has 0 heterocycles. The molecule has 0 saturated carbocycles. The van der Waals surface area contributed by atoms with Gasteiger partial charge < -0.3 is 29.3 Å². The predicted octanol–water partition coefficient (Wildman–Crippen LogP) is 5.73. The Morgan fingerprint density at radius 1 is 0.638 bits per heavy atom. The summed E-state index contributed by atoms with van der Waals surface area (Å²) in [7, 11) is 7.07. The minimum absolute atomic E-state index is 0.0186. The van der Waals surface area contributed by atoms with Crippen molar-refractivity contribution in [2.75, 3.05) is 54.5 Å². The van der Waals surface area contributed by atoms with Gasteiger partial charge in [-0.1, -0.05) is 78.9 Å². The van der Waals surface area contributed by atoms with Crippen molar-refractivity contribution in [3.63, 3.8) is 0 Å². The fourth-order valence-corrected chi connectivity index (χ4v) is 5.48. The van der Waals surface area contributed by atoms with E-state index < -0.39 is 5.97 Å². The van der Waals surface area contributed by atoms with Crippen LogP contribution in [0.3, 0.4) is 0 Å². The molecule has 0 unspecified atom stereocenters. The topological polar surface area (TPSA) is 99.6 Å². The number of nitrogens with zero attached hydrogens (tertiary/aromatic N) is 3. The second-order valence-corrected chi connectivity index (χ2v) is 11.4. The van der Waals surface area contributed by atoms with Crippen molar-refractivity contribution < 1.29 is 29.0 Å². The number of aliphatic carboxylic acids is 1. The van der Waals surface area contributed by atoms with E-state index in [0.717, 1.165) is 11.1 Å². The van der Waals surface area contributed by atoms with E-state index in [9.17, 15) is 19.5 Å². The number of hydrogen-bond acceptors (Lipinski definition) is 6. The molecule has 0 aliphatic rings. The van der Waals surface area contributed by atoms with Crippen LogP contribution in [0.5, 0.6) is 11.5 Å². The van der Waals surface area contributed by atoms with E-state index in [4.69, 9.17) is 9.47 Å². The molecule has 4 aromatic carbocycles. The van der Waals surface area contributed by atoms with Gasteiger partial charge in [-0.05, 0) is 61.0 Å². The molecule has 0 aromatic heterocycles. The molecule has 0 spiro atoms. The highest BCUT2D eigenvalue weighted by Gasteiger charge is 2.25. The molecule has 0 aliphatic heterocycles. The van der Waals surface area contributed by atoms with Gasteiger partial charge in [0.2, 0.25) is 0 Å². The SMILES string of the molecule is COc1cccc(CCN(CCC(=O)O)C(=O)c2ccccc2-c2ccccc2C(=O)N(CCN(C)C)Cc2ccccc2)c1OC. The normalized spacial score (nSPS) is 10.8. The Morgan fingerprint density at radius 3 is 1.81 bits per heavy atom. The van der Waals surface area contributed by atoms with Crippen LogP contribution in [-0.2, 0) is 17.8 Å². The molecule has 1 N–H and O–H groups in total.